The van der Waals surface area contributed by atoms with Crippen molar-refractivity contribution in [2.75, 3.05) is 32.8 Å². The fourth-order valence-corrected chi connectivity index (χ4v) is 3.65. The molecule has 0 bridgehead atoms. The van der Waals surface area contributed by atoms with Crippen LogP contribution in [0.15, 0.2) is 0 Å². The number of rotatable bonds is 3. The predicted octanol–water partition coefficient (Wildman–Crippen LogP) is 0.788. The molecule has 3 rings (SSSR count). The number of carbonyl (C=O) groups excluding carboxylic acids is 2. The first-order valence-corrected chi connectivity index (χ1v) is 7.72. The zero-order valence-corrected chi connectivity index (χ0v) is 12.2. The molecule has 1 aliphatic carbocycles. The van der Waals surface area contributed by atoms with Gasteiger partial charge in [0.1, 0.15) is 0 Å². The van der Waals surface area contributed by atoms with Crippen molar-refractivity contribution in [3.05, 3.63) is 0 Å². The van der Waals surface area contributed by atoms with Crippen LogP contribution in [0, 0.1) is 17.3 Å². The molecule has 2 amide bonds. The van der Waals surface area contributed by atoms with E-state index in [1.807, 2.05) is 4.90 Å². The van der Waals surface area contributed by atoms with Gasteiger partial charge in [0.15, 0.2) is 0 Å². The van der Waals surface area contributed by atoms with Crippen LogP contribution >= 0.6 is 0 Å². The maximum Gasteiger partial charge on any atom is 0.223 e. The fraction of sp³-hybridized carbons (Fsp3) is 0.867. The molecule has 1 saturated carbocycles. The van der Waals surface area contributed by atoms with Gasteiger partial charge in [-0.1, -0.05) is 0 Å². The Kier molecular flexibility index (Phi) is 3.71. The van der Waals surface area contributed by atoms with Gasteiger partial charge in [-0.15, -0.1) is 0 Å². The van der Waals surface area contributed by atoms with Crippen LogP contribution in [0.25, 0.3) is 0 Å². The van der Waals surface area contributed by atoms with Gasteiger partial charge in [0.05, 0.1) is 6.61 Å². The Hall–Kier alpha value is -1.10. The monoisotopic (exact) mass is 280 g/mol. The van der Waals surface area contributed by atoms with Crippen LogP contribution in [0.4, 0.5) is 0 Å². The third kappa shape index (κ3) is 2.68. The molecule has 1 N–H and O–H groups in total. The van der Waals surface area contributed by atoms with Gasteiger partial charge in [-0.2, -0.15) is 0 Å². The third-order valence-corrected chi connectivity index (χ3v) is 5.30. The standard InChI is InChI=1S/C15H24N2O3/c1-11(18)17-5-3-15(4-6-17)8-13(15)14(19)16-9-12-2-7-20-10-12/h12-13H,2-10H2,1H3,(H,16,19). The summed E-state index contributed by atoms with van der Waals surface area (Å²) in [5.74, 6) is 1.04. The van der Waals surface area contributed by atoms with Crippen LogP contribution in [0.3, 0.4) is 0 Å². The molecule has 0 aromatic carbocycles. The maximum absolute atomic E-state index is 12.2. The van der Waals surface area contributed by atoms with Crippen LogP contribution in [0.5, 0.6) is 0 Å². The number of likely N-dealkylation sites (tertiary alicyclic amines) is 1. The Morgan fingerprint density at radius 2 is 2.10 bits per heavy atom. The van der Waals surface area contributed by atoms with E-state index < -0.39 is 0 Å². The second kappa shape index (κ2) is 5.35. The maximum atomic E-state index is 12.2. The zero-order valence-electron chi connectivity index (χ0n) is 12.2. The summed E-state index contributed by atoms with van der Waals surface area (Å²) in [6.07, 6.45) is 4.03. The molecule has 0 aromatic rings. The average molecular weight is 280 g/mol. The lowest BCUT2D eigenvalue weighted by Gasteiger charge is -2.32. The van der Waals surface area contributed by atoms with Gasteiger partial charge in [-0.25, -0.2) is 0 Å². The summed E-state index contributed by atoms with van der Waals surface area (Å²) in [7, 11) is 0. The van der Waals surface area contributed by atoms with Crippen LogP contribution in [-0.2, 0) is 14.3 Å². The van der Waals surface area contributed by atoms with Gasteiger partial charge in [-0.05, 0) is 31.1 Å². The molecule has 3 fully saturated rings. The molecule has 2 atom stereocenters. The molecule has 0 aromatic heterocycles. The normalized spacial score (nSPS) is 31.4. The Morgan fingerprint density at radius 3 is 2.70 bits per heavy atom. The molecule has 112 valence electrons. The lowest BCUT2D eigenvalue weighted by molar-refractivity contribution is -0.130. The zero-order chi connectivity index (χ0) is 14.2. The van der Waals surface area contributed by atoms with Gasteiger partial charge in [0.25, 0.3) is 0 Å². The molecular formula is C15H24N2O3. The SMILES string of the molecule is CC(=O)N1CCC2(CC1)CC2C(=O)NCC1CCOC1. The first-order chi connectivity index (χ1) is 9.61. The molecule has 5 nitrogen and oxygen atoms in total. The Bertz CT molecular complexity index is 396. The number of piperidine rings is 1. The minimum atomic E-state index is 0.155. The number of hydrogen-bond acceptors (Lipinski definition) is 3. The Morgan fingerprint density at radius 1 is 1.35 bits per heavy atom. The molecule has 1 spiro atoms. The van der Waals surface area contributed by atoms with E-state index in [0.29, 0.717) is 5.92 Å². The van der Waals surface area contributed by atoms with E-state index in [0.717, 1.165) is 58.5 Å². The molecule has 5 heteroatoms. The second-order valence-electron chi connectivity index (χ2n) is 6.60. The highest BCUT2D eigenvalue weighted by Crippen LogP contribution is 2.59. The molecule has 2 unspecified atom stereocenters. The summed E-state index contributed by atoms with van der Waals surface area (Å²) in [4.78, 5) is 25.4. The lowest BCUT2D eigenvalue weighted by Crippen LogP contribution is -2.40. The fourth-order valence-electron chi connectivity index (χ4n) is 3.65. The highest BCUT2D eigenvalue weighted by molar-refractivity contribution is 5.82. The van der Waals surface area contributed by atoms with Crippen LogP contribution in [0.1, 0.15) is 32.6 Å². The minimum Gasteiger partial charge on any atom is -0.381 e. The summed E-state index contributed by atoms with van der Waals surface area (Å²) in [5.41, 5.74) is 0.197. The number of ether oxygens (including phenoxy) is 1. The largest absolute Gasteiger partial charge is 0.381 e. The van der Waals surface area contributed by atoms with E-state index in [-0.39, 0.29) is 23.1 Å². The van der Waals surface area contributed by atoms with Crippen LogP contribution in [-0.4, -0.2) is 49.6 Å². The van der Waals surface area contributed by atoms with Crippen molar-refractivity contribution in [2.45, 2.75) is 32.6 Å². The van der Waals surface area contributed by atoms with Crippen molar-refractivity contribution in [1.29, 1.82) is 0 Å². The van der Waals surface area contributed by atoms with E-state index >= 15 is 0 Å². The van der Waals surface area contributed by atoms with Gasteiger partial charge in [-0.3, -0.25) is 9.59 Å². The van der Waals surface area contributed by atoms with E-state index in [4.69, 9.17) is 4.74 Å². The molecule has 2 aliphatic heterocycles. The van der Waals surface area contributed by atoms with E-state index in [1.165, 1.54) is 0 Å². The van der Waals surface area contributed by atoms with E-state index in [9.17, 15) is 9.59 Å². The number of nitrogens with zero attached hydrogens (tertiary/aromatic N) is 1. The van der Waals surface area contributed by atoms with Crippen molar-refractivity contribution in [3.8, 4) is 0 Å². The summed E-state index contributed by atoms with van der Waals surface area (Å²) >= 11 is 0. The van der Waals surface area contributed by atoms with Gasteiger partial charge < -0.3 is 15.0 Å². The van der Waals surface area contributed by atoms with Crippen molar-refractivity contribution in [2.24, 2.45) is 17.3 Å². The first kappa shape index (κ1) is 13.9. The van der Waals surface area contributed by atoms with Gasteiger partial charge >= 0.3 is 0 Å². The van der Waals surface area contributed by atoms with Gasteiger partial charge in [0.2, 0.25) is 11.8 Å². The van der Waals surface area contributed by atoms with E-state index in [1.54, 1.807) is 6.92 Å². The smallest absolute Gasteiger partial charge is 0.223 e. The van der Waals surface area contributed by atoms with Crippen molar-refractivity contribution in [1.82, 2.24) is 10.2 Å². The molecule has 2 saturated heterocycles. The van der Waals surface area contributed by atoms with E-state index in [2.05, 4.69) is 5.32 Å². The summed E-state index contributed by atoms with van der Waals surface area (Å²) in [5, 5.41) is 3.09. The number of carbonyl (C=O) groups is 2. The minimum absolute atomic E-state index is 0.155. The first-order valence-electron chi connectivity index (χ1n) is 7.72. The number of hydrogen-bond donors (Lipinski definition) is 1. The highest BCUT2D eigenvalue weighted by atomic mass is 16.5. The summed E-state index contributed by atoms with van der Waals surface area (Å²) in [6, 6.07) is 0. The summed E-state index contributed by atoms with van der Waals surface area (Å²) in [6.45, 7) is 5.62. The van der Waals surface area contributed by atoms with Crippen LogP contribution < -0.4 is 5.32 Å². The van der Waals surface area contributed by atoms with Crippen molar-refractivity contribution >= 4 is 11.8 Å². The molecule has 3 aliphatic rings. The van der Waals surface area contributed by atoms with Gasteiger partial charge in [0, 0.05) is 45.0 Å². The molecule has 2 heterocycles. The topological polar surface area (TPSA) is 58.6 Å². The Balaban J connectivity index is 1.44. The third-order valence-electron chi connectivity index (χ3n) is 5.30. The number of amides is 2. The molecular weight excluding hydrogens is 256 g/mol. The Labute approximate surface area is 120 Å². The highest BCUT2D eigenvalue weighted by Gasteiger charge is 2.58. The van der Waals surface area contributed by atoms with Crippen LogP contribution in [0.2, 0.25) is 0 Å². The number of nitrogens with one attached hydrogen (secondary N) is 1. The average Bonchev–Trinajstić information content (AvgIpc) is 2.89. The molecule has 20 heavy (non-hydrogen) atoms. The predicted molar refractivity (Wildman–Crippen MR) is 74.0 cm³/mol. The van der Waals surface area contributed by atoms with Crippen molar-refractivity contribution in [3.63, 3.8) is 0 Å². The summed E-state index contributed by atoms with van der Waals surface area (Å²) < 4.78 is 5.32. The lowest BCUT2D eigenvalue weighted by atomic mass is 9.90. The second-order valence-corrected chi connectivity index (χ2v) is 6.60. The quantitative estimate of drug-likeness (QED) is 0.831. The van der Waals surface area contributed by atoms with Crippen molar-refractivity contribution < 1.29 is 14.3 Å². The molecule has 0 radical (unpaired) electrons.